The van der Waals surface area contributed by atoms with Gasteiger partial charge < -0.3 is 9.72 Å². The van der Waals surface area contributed by atoms with Crippen molar-refractivity contribution in [1.29, 1.82) is 0 Å². The molecular weight excluding hydrogens is 200 g/mol. The summed E-state index contributed by atoms with van der Waals surface area (Å²) in [6, 6.07) is 4.19. The minimum absolute atomic E-state index is 0.890. The predicted octanol–water partition coefficient (Wildman–Crippen LogP) is 3.01. The van der Waals surface area contributed by atoms with Crippen molar-refractivity contribution in [1.82, 2.24) is 9.97 Å². The van der Waals surface area contributed by atoms with E-state index in [0.29, 0.717) is 0 Å². The Morgan fingerprint density at radius 1 is 1.19 bits per heavy atom. The zero-order chi connectivity index (χ0) is 11.7. The standard InChI is InChI=1S/C13H16N2O/c1-8-5-9(2)13(12(6-8)16-4)11-7-14-10(3)15-11/h5-7H,1-4H3,(H,14,15). The molecule has 16 heavy (non-hydrogen) atoms. The van der Waals surface area contributed by atoms with Gasteiger partial charge in [0, 0.05) is 5.56 Å². The van der Waals surface area contributed by atoms with Gasteiger partial charge in [-0.3, -0.25) is 0 Å². The molecule has 3 heteroatoms. The Hall–Kier alpha value is -1.77. The molecule has 0 radical (unpaired) electrons. The van der Waals surface area contributed by atoms with Crippen molar-refractivity contribution in [2.24, 2.45) is 0 Å². The van der Waals surface area contributed by atoms with Gasteiger partial charge in [-0.1, -0.05) is 6.07 Å². The van der Waals surface area contributed by atoms with Gasteiger partial charge in [0.1, 0.15) is 11.6 Å². The number of nitrogens with zero attached hydrogens (tertiary/aromatic N) is 1. The van der Waals surface area contributed by atoms with Crippen molar-refractivity contribution in [2.45, 2.75) is 20.8 Å². The highest BCUT2D eigenvalue weighted by Gasteiger charge is 2.11. The molecule has 1 heterocycles. The molecule has 1 aromatic carbocycles. The third-order valence-electron chi connectivity index (χ3n) is 2.64. The number of benzene rings is 1. The van der Waals surface area contributed by atoms with Gasteiger partial charge in [-0.05, 0) is 38.0 Å². The fourth-order valence-corrected chi connectivity index (χ4v) is 1.98. The quantitative estimate of drug-likeness (QED) is 0.838. The van der Waals surface area contributed by atoms with Gasteiger partial charge in [0.05, 0.1) is 19.0 Å². The van der Waals surface area contributed by atoms with Crippen LogP contribution in [0.4, 0.5) is 0 Å². The van der Waals surface area contributed by atoms with Crippen LogP contribution >= 0.6 is 0 Å². The lowest BCUT2D eigenvalue weighted by Crippen LogP contribution is -1.92. The molecule has 0 aliphatic carbocycles. The number of methoxy groups -OCH3 is 1. The minimum atomic E-state index is 0.890. The van der Waals surface area contributed by atoms with Crippen LogP contribution in [0.25, 0.3) is 11.3 Å². The lowest BCUT2D eigenvalue weighted by Gasteiger charge is -2.11. The number of hydrogen-bond acceptors (Lipinski definition) is 2. The second-order valence-corrected chi connectivity index (χ2v) is 4.04. The number of H-pyrrole nitrogens is 1. The summed E-state index contributed by atoms with van der Waals surface area (Å²) in [4.78, 5) is 7.46. The van der Waals surface area contributed by atoms with Crippen LogP contribution in [0.15, 0.2) is 18.3 Å². The number of rotatable bonds is 2. The van der Waals surface area contributed by atoms with E-state index in [0.717, 1.165) is 22.8 Å². The highest BCUT2D eigenvalue weighted by Crippen LogP contribution is 2.33. The second-order valence-electron chi connectivity index (χ2n) is 4.04. The van der Waals surface area contributed by atoms with Gasteiger partial charge in [0.2, 0.25) is 0 Å². The van der Waals surface area contributed by atoms with Crippen LogP contribution in [0.3, 0.4) is 0 Å². The number of nitrogens with one attached hydrogen (secondary N) is 1. The summed E-state index contributed by atoms with van der Waals surface area (Å²) in [6.07, 6.45) is 1.84. The van der Waals surface area contributed by atoms with E-state index in [-0.39, 0.29) is 0 Å². The minimum Gasteiger partial charge on any atom is -0.496 e. The van der Waals surface area contributed by atoms with Crippen LogP contribution in [0.1, 0.15) is 17.0 Å². The van der Waals surface area contributed by atoms with E-state index in [4.69, 9.17) is 4.74 Å². The SMILES string of the molecule is COc1cc(C)cc(C)c1-c1cnc(C)[nH]1. The number of hydrogen-bond donors (Lipinski definition) is 1. The molecular formula is C13H16N2O. The van der Waals surface area contributed by atoms with Crippen molar-refractivity contribution < 1.29 is 4.74 Å². The number of imidazole rings is 1. The van der Waals surface area contributed by atoms with Gasteiger partial charge in [-0.15, -0.1) is 0 Å². The summed E-state index contributed by atoms with van der Waals surface area (Å²) in [5.41, 5.74) is 4.50. The number of aryl methyl sites for hydroxylation is 3. The molecule has 0 aliphatic rings. The fourth-order valence-electron chi connectivity index (χ4n) is 1.98. The maximum atomic E-state index is 5.42. The smallest absolute Gasteiger partial charge is 0.128 e. The van der Waals surface area contributed by atoms with Gasteiger partial charge in [-0.2, -0.15) is 0 Å². The Bertz CT molecular complexity index is 515. The molecule has 3 nitrogen and oxygen atoms in total. The average Bonchev–Trinajstić information content (AvgIpc) is 2.63. The van der Waals surface area contributed by atoms with Gasteiger partial charge in [-0.25, -0.2) is 4.98 Å². The molecule has 0 saturated carbocycles. The maximum absolute atomic E-state index is 5.42. The zero-order valence-electron chi connectivity index (χ0n) is 10.1. The maximum Gasteiger partial charge on any atom is 0.128 e. The summed E-state index contributed by atoms with van der Waals surface area (Å²) in [7, 11) is 1.70. The summed E-state index contributed by atoms with van der Waals surface area (Å²) in [5.74, 6) is 1.80. The Morgan fingerprint density at radius 3 is 2.50 bits per heavy atom. The third kappa shape index (κ3) is 1.81. The molecule has 1 aromatic heterocycles. The molecule has 2 rings (SSSR count). The molecule has 0 fully saturated rings. The number of aromatic nitrogens is 2. The van der Waals surface area contributed by atoms with Crippen molar-refractivity contribution in [3.8, 4) is 17.0 Å². The van der Waals surface area contributed by atoms with E-state index in [1.165, 1.54) is 11.1 Å². The number of ether oxygens (including phenoxy) is 1. The first-order valence-corrected chi connectivity index (χ1v) is 5.29. The summed E-state index contributed by atoms with van der Waals surface area (Å²) < 4.78 is 5.42. The third-order valence-corrected chi connectivity index (χ3v) is 2.64. The van der Waals surface area contributed by atoms with Crippen LogP contribution in [-0.2, 0) is 0 Å². The molecule has 0 unspecified atom stereocenters. The van der Waals surface area contributed by atoms with Crippen LogP contribution in [0.5, 0.6) is 5.75 Å². The van der Waals surface area contributed by atoms with Crippen molar-refractivity contribution in [3.05, 3.63) is 35.3 Å². The Morgan fingerprint density at radius 2 is 1.94 bits per heavy atom. The van der Waals surface area contributed by atoms with Crippen molar-refractivity contribution in [3.63, 3.8) is 0 Å². The van der Waals surface area contributed by atoms with Crippen LogP contribution in [0, 0.1) is 20.8 Å². The fraction of sp³-hybridized carbons (Fsp3) is 0.308. The van der Waals surface area contributed by atoms with Crippen molar-refractivity contribution in [2.75, 3.05) is 7.11 Å². The van der Waals surface area contributed by atoms with Gasteiger partial charge in [0.15, 0.2) is 0 Å². The first-order chi connectivity index (χ1) is 7.61. The lowest BCUT2D eigenvalue weighted by molar-refractivity contribution is 0.415. The van der Waals surface area contributed by atoms with E-state index in [9.17, 15) is 0 Å². The van der Waals surface area contributed by atoms with E-state index >= 15 is 0 Å². The van der Waals surface area contributed by atoms with Crippen molar-refractivity contribution >= 4 is 0 Å². The number of aromatic amines is 1. The highest BCUT2D eigenvalue weighted by atomic mass is 16.5. The second kappa shape index (κ2) is 4.00. The average molecular weight is 216 g/mol. The normalized spacial score (nSPS) is 10.5. The molecule has 0 aliphatic heterocycles. The molecule has 0 amide bonds. The molecule has 84 valence electrons. The Kier molecular flexibility index (Phi) is 2.69. The van der Waals surface area contributed by atoms with E-state index < -0.39 is 0 Å². The summed E-state index contributed by atoms with van der Waals surface area (Å²) in [6.45, 7) is 6.10. The van der Waals surface area contributed by atoms with E-state index in [1.807, 2.05) is 19.2 Å². The monoisotopic (exact) mass is 216 g/mol. The van der Waals surface area contributed by atoms with Gasteiger partial charge >= 0.3 is 0 Å². The Labute approximate surface area is 95.5 Å². The topological polar surface area (TPSA) is 37.9 Å². The summed E-state index contributed by atoms with van der Waals surface area (Å²) >= 11 is 0. The van der Waals surface area contributed by atoms with Crippen LogP contribution in [0.2, 0.25) is 0 Å². The lowest BCUT2D eigenvalue weighted by atomic mass is 10.0. The molecule has 2 aromatic rings. The van der Waals surface area contributed by atoms with Crippen LogP contribution < -0.4 is 4.74 Å². The predicted molar refractivity (Wildman–Crippen MR) is 64.8 cm³/mol. The molecule has 0 saturated heterocycles. The molecule has 0 bridgehead atoms. The summed E-state index contributed by atoms with van der Waals surface area (Å²) in [5, 5.41) is 0. The van der Waals surface area contributed by atoms with E-state index in [1.54, 1.807) is 7.11 Å². The largest absolute Gasteiger partial charge is 0.496 e. The van der Waals surface area contributed by atoms with Crippen LogP contribution in [-0.4, -0.2) is 17.1 Å². The molecule has 0 atom stereocenters. The Balaban J connectivity index is 2.63. The zero-order valence-corrected chi connectivity index (χ0v) is 10.1. The molecule has 0 spiro atoms. The highest BCUT2D eigenvalue weighted by molar-refractivity contribution is 5.71. The van der Waals surface area contributed by atoms with Gasteiger partial charge in [0.25, 0.3) is 0 Å². The van der Waals surface area contributed by atoms with E-state index in [2.05, 4.69) is 29.9 Å². The first kappa shape index (κ1) is 10.7. The molecule has 1 N–H and O–H groups in total. The first-order valence-electron chi connectivity index (χ1n) is 5.29.